The summed E-state index contributed by atoms with van der Waals surface area (Å²) in [6.45, 7) is 4.22. The number of rotatable bonds is 8. The van der Waals surface area contributed by atoms with E-state index in [-0.39, 0.29) is 5.91 Å². The van der Waals surface area contributed by atoms with Gasteiger partial charge < -0.3 is 14.8 Å². The molecule has 2 heterocycles. The van der Waals surface area contributed by atoms with Gasteiger partial charge in [0.05, 0.1) is 17.4 Å². The van der Waals surface area contributed by atoms with Crippen LogP contribution < -0.4 is 5.32 Å². The van der Waals surface area contributed by atoms with Crippen molar-refractivity contribution in [3.63, 3.8) is 0 Å². The lowest BCUT2D eigenvalue weighted by atomic mass is 10.1. The van der Waals surface area contributed by atoms with E-state index in [9.17, 15) is 4.79 Å². The van der Waals surface area contributed by atoms with Gasteiger partial charge in [-0.2, -0.15) is 5.10 Å². The molecular weight excluding hydrogens is 340 g/mol. The second kappa shape index (κ2) is 8.64. The molecule has 3 rings (SSSR count). The minimum Gasteiger partial charge on any atom is -0.352 e. The van der Waals surface area contributed by atoms with Gasteiger partial charge in [0.15, 0.2) is 0 Å². The lowest BCUT2D eigenvalue weighted by molar-refractivity contribution is 0.0952. The average molecular weight is 366 g/mol. The van der Waals surface area contributed by atoms with Gasteiger partial charge in [0.1, 0.15) is 5.82 Å². The Morgan fingerprint density at radius 2 is 2.07 bits per heavy atom. The van der Waals surface area contributed by atoms with E-state index in [2.05, 4.69) is 24.9 Å². The lowest BCUT2D eigenvalue weighted by Gasteiger charge is -2.11. The van der Waals surface area contributed by atoms with Crippen LogP contribution >= 0.6 is 0 Å². The Hall–Kier alpha value is -2.93. The third-order valence-electron chi connectivity index (χ3n) is 4.32. The third-order valence-corrected chi connectivity index (χ3v) is 4.32. The summed E-state index contributed by atoms with van der Waals surface area (Å²) < 4.78 is 3.85. The minimum atomic E-state index is -0.0855. The van der Waals surface area contributed by atoms with E-state index >= 15 is 0 Å². The zero-order chi connectivity index (χ0) is 19.2. The molecule has 27 heavy (non-hydrogen) atoms. The van der Waals surface area contributed by atoms with Crippen LogP contribution in [0.25, 0.3) is 5.69 Å². The predicted octanol–water partition coefficient (Wildman–Crippen LogP) is 2.26. The van der Waals surface area contributed by atoms with Crippen molar-refractivity contribution in [2.24, 2.45) is 0 Å². The first-order chi connectivity index (χ1) is 13.0. The van der Waals surface area contributed by atoms with E-state index < -0.39 is 0 Å². The van der Waals surface area contributed by atoms with Gasteiger partial charge in [-0.05, 0) is 39.6 Å². The number of carbonyl (C=O) groups excluding carboxylic acids is 1. The summed E-state index contributed by atoms with van der Waals surface area (Å²) in [5.74, 6) is 0.900. The zero-order valence-corrected chi connectivity index (χ0v) is 16.1. The minimum absolute atomic E-state index is 0.0855. The molecule has 0 bridgehead atoms. The summed E-state index contributed by atoms with van der Waals surface area (Å²) in [5.41, 5.74) is 2.51. The summed E-state index contributed by atoms with van der Waals surface area (Å²) >= 11 is 0. The monoisotopic (exact) mass is 366 g/mol. The summed E-state index contributed by atoms with van der Waals surface area (Å²) in [7, 11) is 4.04. The number of imidazole rings is 1. The second-order valence-electron chi connectivity index (χ2n) is 6.83. The van der Waals surface area contributed by atoms with Gasteiger partial charge in [0.2, 0.25) is 0 Å². The number of nitrogens with zero attached hydrogens (tertiary/aromatic N) is 5. The highest BCUT2D eigenvalue weighted by Gasteiger charge is 2.13. The largest absolute Gasteiger partial charge is 0.352 e. The molecule has 3 aromatic rings. The number of hydrogen-bond acceptors (Lipinski definition) is 4. The number of amides is 1. The average Bonchev–Trinajstić information content (AvgIpc) is 3.27. The van der Waals surface area contributed by atoms with Gasteiger partial charge in [-0.3, -0.25) is 4.79 Å². The van der Waals surface area contributed by atoms with Gasteiger partial charge in [-0.25, -0.2) is 9.67 Å². The lowest BCUT2D eigenvalue weighted by Crippen LogP contribution is -2.26. The molecule has 1 amide bonds. The SMILES string of the molecule is Cc1nccn1CCCNC(=O)c1ccccc1-n1cc(CN(C)C)cn1. The summed E-state index contributed by atoms with van der Waals surface area (Å²) in [4.78, 5) is 19.0. The van der Waals surface area contributed by atoms with Gasteiger partial charge in [-0.15, -0.1) is 0 Å². The number of benzene rings is 1. The van der Waals surface area contributed by atoms with Crippen molar-refractivity contribution in [3.05, 3.63) is 66.0 Å². The smallest absolute Gasteiger partial charge is 0.253 e. The van der Waals surface area contributed by atoms with E-state index in [4.69, 9.17) is 0 Å². The summed E-state index contributed by atoms with van der Waals surface area (Å²) in [6.07, 6.45) is 8.39. The molecule has 142 valence electrons. The van der Waals surface area contributed by atoms with Crippen molar-refractivity contribution in [3.8, 4) is 5.69 Å². The molecule has 0 radical (unpaired) electrons. The molecule has 1 aromatic carbocycles. The van der Waals surface area contributed by atoms with E-state index in [0.29, 0.717) is 12.1 Å². The fraction of sp³-hybridized carbons (Fsp3) is 0.350. The molecule has 0 fully saturated rings. The molecule has 7 nitrogen and oxygen atoms in total. The van der Waals surface area contributed by atoms with Crippen LogP contribution in [-0.2, 0) is 13.1 Å². The molecule has 7 heteroatoms. The molecular formula is C20H26N6O. The standard InChI is InChI=1S/C20H26N6O/c1-16-21-10-12-25(16)11-6-9-22-20(27)18-7-4-5-8-19(18)26-15-17(13-23-26)14-24(2)3/h4-5,7-8,10,12-13,15H,6,9,11,14H2,1-3H3,(H,22,27). The molecule has 1 N–H and O–H groups in total. The quantitative estimate of drug-likeness (QED) is 0.621. The fourth-order valence-electron chi connectivity index (χ4n) is 2.99. The maximum atomic E-state index is 12.7. The molecule has 0 unspecified atom stereocenters. The molecule has 0 spiro atoms. The predicted molar refractivity (Wildman–Crippen MR) is 105 cm³/mol. The van der Waals surface area contributed by atoms with Crippen molar-refractivity contribution in [1.29, 1.82) is 0 Å². The zero-order valence-electron chi connectivity index (χ0n) is 16.1. The molecule has 2 aromatic heterocycles. The number of para-hydroxylation sites is 1. The molecule has 0 saturated carbocycles. The normalized spacial score (nSPS) is 11.1. The van der Waals surface area contributed by atoms with Crippen LogP contribution in [-0.4, -0.2) is 50.8 Å². The van der Waals surface area contributed by atoms with Crippen LogP contribution in [0.1, 0.15) is 28.2 Å². The Morgan fingerprint density at radius 3 is 2.81 bits per heavy atom. The van der Waals surface area contributed by atoms with Crippen molar-refractivity contribution >= 4 is 5.91 Å². The van der Waals surface area contributed by atoms with Gasteiger partial charge in [-0.1, -0.05) is 12.1 Å². The maximum absolute atomic E-state index is 12.7. The first-order valence-corrected chi connectivity index (χ1v) is 9.08. The molecule has 0 aliphatic rings. The number of aryl methyl sites for hydroxylation is 2. The van der Waals surface area contributed by atoms with Crippen LogP contribution in [0.2, 0.25) is 0 Å². The number of nitrogens with one attached hydrogen (secondary N) is 1. The van der Waals surface area contributed by atoms with Gasteiger partial charge >= 0.3 is 0 Å². The molecule has 0 aliphatic heterocycles. The van der Waals surface area contributed by atoms with Crippen molar-refractivity contribution in [2.75, 3.05) is 20.6 Å². The number of hydrogen-bond donors (Lipinski definition) is 1. The van der Waals surface area contributed by atoms with E-state index in [0.717, 1.165) is 36.6 Å². The Bertz CT molecular complexity index is 895. The Balaban J connectivity index is 1.63. The van der Waals surface area contributed by atoms with Crippen LogP contribution in [0.4, 0.5) is 0 Å². The summed E-state index contributed by atoms with van der Waals surface area (Å²) in [6, 6.07) is 7.53. The Kier molecular flexibility index (Phi) is 6.03. The van der Waals surface area contributed by atoms with E-state index in [1.54, 1.807) is 10.9 Å². The van der Waals surface area contributed by atoms with Gasteiger partial charge in [0, 0.05) is 43.8 Å². The topological polar surface area (TPSA) is 68.0 Å². The van der Waals surface area contributed by atoms with Crippen LogP contribution in [0.3, 0.4) is 0 Å². The molecule has 0 atom stereocenters. The van der Waals surface area contributed by atoms with E-state index in [1.807, 2.05) is 63.9 Å². The Labute approximate surface area is 159 Å². The third kappa shape index (κ3) is 4.83. The first kappa shape index (κ1) is 18.8. The molecule has 0 saturated heterocycles. The number of aromatic nitrogens is 4. The highest BCUT2D eigenvalue weighted by Crippen LogP contribution is 2.15. The maximum Gasteiger partial charge on any atom is 0.253 e. The molecule has 0 aliphatic carbocycles. The summed E-state index contributed by atoms with van der Waals surface area (Å²) in [5, 5.41) is 7.43. The highest BCUT2D eigenvalue weighted by molar-refractivity contribution is 5.97. The van der Waals surface area contributed by atoms with Crippen molar-refractivity contribution in [2.45, 2.75) is 26.4 Å². The van der Waals surface area contributed by atoms with Crippen LogP contribution in [0.15, 0.2) is 49.1 Å². The van der Waals surface area contributed by atoms with Crippen molar-refractivity contribution in [1.82, 2.24) is 29.5 Å². The van der Waals surface area contributed by atoms with Crippen LogP contribution in [0, 0.1) is 6.92 Å². The van der Waals surface area contributed by atoms with E-state index in [1.165, 1.54) is 0 Å². The van der Waals surface area contributed by atoms with Crippen LogP contribution in [0.5, 0.6) is 0 Å². The second-order valence-corrected chi connectivity index (χ2v) is 6.83. The highest BCUT2D eigenvalue weighted by atomic mass is 16.1. The van der Waals surface area contributed by atoms with Crippen molar-refractivity contribution < 1.29 is 4.79 Å². The Morgan fingerprint density at radius 1 is 1.26 bits per heavy atom. The number of carbonyl (C=O) groups is 1. The van der Waals surface area contributed by atoms with Gasteiger partial charge in [0.25, 0.3) is 5.91 Å². The first-order valence-electron chi connectivity index (χ1n) is 9.08. The fourth-order valence-corrected chi connectivity index (χ4v) is 2.99.